The number of hydrogen-bond acceptors (Lipinski definition) is 4. The van der Waals surface area contributed by atoms with E-state index in [1.54, 1.807) is 24.3 Å². The Hall–Kier alpha value is -2.46. The molecular weight excluding hydrogens is 445 g/mol. The Morgan fingerprint density at radius 2 is 1.80 bits per heavy atom. The van der Waals surface area contributed by atoms with E-state index < -0.39 is 39.9 Å². The molecule has 1 N–H and O–H groups in total. The molecule has 11 heteroatoms. The fourth-order valence-electron chi connectivity index (χ4n) is 2.52. The summed E-state index contributed by atoms with van der Waals surface area (Å²) in [5, 5.41) is 2.31. The number of carbonyl (C=O) groups is 1. The van der Waals surface area contributed by atoms with Crippen molar-refractivity contribution in [1.29, 1.82) is 0 Å². The summed E-state index contributed by atoms with van der Waals surface area (Å²) in [4.78, 5) is 12.3. The Balaban J connectivity index is 2.16. The Morgan fingerprint density at radius 1 is 1.17 bits per heavy atom. The largest absolute Gasteiger partial charge is 0.494 e. The van der Waals surface area contributed by atoms with Gasteiger partial charge in [0.05, 0.1) is 29.1 Å². The summed E-state index contributed by atoms with van der Waals surface area (Å²) in [5.41, 5.74) is -0.773. The maximum absolute atomic E-state index is 13.0. The average molecular weight is 465 g/mol. The Morgan fingerprint density at radius 3 is 2.33 bits per heavy atom. The first-order valence-electron chi connectivity index (χ1n) is 8.74. The lowest BCUT2D eigenvalue weighted by atomic mass is 10.2. The number of benzene rings is 2. The second-order valence-electron chi connectivity index (χ2n) is 6.29. The second-order valence-corrected chi connectivity index (χ2v) is 8.60. The number of ether oxygens (including phenoxy) is 1. The summed E-state index contributed by atoms with van der Waals surface area (Å²) in [6.07, 6.45) is -3.91. The summed E-state index contributed by atoms with van der Waals surface area (Å²) in [6, 6.07) is 9.16. The van der Waals surface area contributed by atoms with E-state index in [1.807, 2.05) is 6.92 Å². The van der Waals surface area contributed by atoms with Gasteiger partial charge >= 0.3 is 6.18 Å². The second kappa shape index (κ2) is 9.57. The lowest BCUT2D eigenvalue weighted by Gasteiger charge is -2.24. The lowest BCUT2D eigenvalue weighted by Crippen LogP contribution is -2.40. The van der Waals surface area contributed by atoms with Crippen LogP contribution >= 0.6 is 11.6 Å². The molecule has 0 aliphatic heterocycles. The first kappa shape index (κ1) is 23.8. The Labute approximate surface area is 177 Å². The number of amides is 1. The monoisotopic (exact) mass is 464 g/mol. The highest BCUT2D eigenvalue weighted by molar-refractivity contribution is 7.92. The molecule has 0 radical (unpaired) electrons. The van der Waals surface area contributed by atoms with Crippen molar-refractivity contribution in [1.82, 2.24) is 5.32 Å². The van der Waals surface area contributed by atoms with E-state index in [9.17, 15) is 26.4 Å². The van der Waals surface area contributed by atoms with Crippen LogP contribution in [0.25, 0.3) is 0 Å². The average Bonchev–Trinajstić information content (AvgIpc) is 2.64. The van der Waals surface area contributed by atoms with Gasteiger partial charge in [-0.15, -0.1) is 0 Å². The highest BCUT2D eigenvalue weighted by atomic mass is 35.5. The molecule has 0 aromatic heterocycles. The predicted octanol–water partition coefficient (Wildman–Crippen LogP) is 3.84. The number of anilines is 1. The van der Waals surface area contributed by atoms with E-state index in [1.165, 1.54) is 0 Å². The van der Waals surface area contributed by atoms with Gasteiger partial charge in [0.15, 0.2) is 0 Å². The number of hydrogen-bond donors (Lipinski definition) is 1. The van der Waals surface area contributed by atoms with E-state index in [2.05, 4.69) is 5.32 Å². The molecule has 2 rings (SSSR count). The number of nitrogens with one attached hydrogen (secondary N) is 1. The molecule has 1 amide bonds. The van der Waals surface area contributed by atoms with Gasteiger partial charge in [-0.1, -0.05) is 23.7 Å². The standard InChI is InChI=1S/C19H20ClF3N2O4S/c1-3-29-15-7-4-13(5-8-15)11-24-18(26)12-25(30(2,27)28)17-10-14(19(21,22)23)6-9-16(17)20/h4-10H,3,11-12H2,1-2H3,(H,24,26). The van der Waals surface area contributed by atoms with E-state index in [-0.39, 0.29) is 11.6 Å². The van der Waals surface area contributed by atoms with Crippen LogP contribution in [0.5, 0.6) is 5.75 Å². The first-order valence-corrected chi connectivity index (χ1v) is 11.0. The molecule has 0 saturated heterocycles. The van der Waals surface area contributed by atoms with E-state index >= 15 is 0 Å². The van der Waals surface area contributed by atoms with Gasteiger partial charge < -0.3 is 10.1 Å². The zero-order valence-electron chi connectivity index (χ0n) is 16.2. The first-order chi connectivity index (χ1) is 13.9. The van der Waals surface area contributed by atoms with Crippen molar-refractivity contribution in [2.24, 2.45) is 0 Å². The summed E-state index contributed by atoms with van der Waals surface area (Å²) >= 11 is 5.93. The molecule has 0 bridgehead atoms. The molecule has 0 aliphatic rings. The number of alkyl halides is 3. The van der Waals surface area contributed by atoms with Crippen molar-refractivity contribution in [2.45, 2.75) is 19.6 Å². The van der Waals surface area contributed by atoms with Crippen molar-refractivity contribution in [2.75, 3.05) is 23.7 Å². The van der Waals surface area contributed by atoms with Gasteiger partial charge in [0, 0.05) is 6.54 Å². The summed E-state index contributed by atoms with van der Waals surface area (Å²) in [7, 11) is -4.09. The van der Waals surface area contributed by atoms with Crippen molar-refractivity contribution < 1.29 is 31.1 Å². The van der Waals surface area contributed by atoms with Crippen molar-refractivity contribution in [3.05, 3.63) is 58.6 Å². The highest BCUT2D eigenvalue weighted by Gasteiger charge is 2.33. The molecule has 30 heavy (non-hydrogen) atoms. The number of halogens is 4. The minimum atomic E-state index is -4.70. The molecule has 0 atom stereocenters. The number of sulfonamides is 1. The fraction of sp³-hybridized carbons (Fsp3) is 0.316. The molecule has 0 heterocycles. The van der Waals surface area contributed by atoms with Gasteiger partial charge in [-0.05, 0) is 42.8 Å². The normalized spacial score (nSPS) is 11.8. The van der Waals surface area contributed by atoms with E-state index in [0.717, 1.165) is 24.0 Å². The van der Waals surface area contributed by atoms with Gasteiger partial charge in [-0.25, -0.2) is 8.42 Å². The minimum absolute atomic E-state index is 0.0964. The van der Waals surface area contributed by atoms with Gasteiger partial charge in [0.25, 0.3) is 0 Å². The topological polar surface area (TPSA) is 75.7 Å². The minimum Gasteiger partial charge on any atom is -0.494 e. The van der Waals surface area contributed by atoms with Crippen LogP contribution in [-0.4, -0.2) is 33.7 Å². The molecule has 0 unspecified atom stereocenters. The Bertz CT molecular complexity index is 996. The van der Waals surface area contributed by atoms with Crippen LogP contribution in [0.4, 0.5) is 18.9 Å². The van der Waals surface area contributed by atoms with Gasteiger partial charge in [0.1, 0.15) is 12.3 Å². The quantitative estimate of drug-likeness (QED) is 0.644. The molecule has 0 fully saturated rings. The van der Waals surface area contributed by atoms with E-state index in [4.69, 9.17) is 16.3 Å². The molecule has 0 aliphatic carbocycles. The maximum atomic E-state index is 13.0. The van der Waals surface area contributed by atoms with Crippen LogP contribution in [0.2, 0.25) is 5.02 Å². The molecule has 2 aromatic carbocycles. The van der Waals surface area contributed by atoms with Crippen molar-refractivity contribution in [3.8, 4) is 5.75 Å². The van der Waals surface area contributed by atoms with Crippen LogP contribution in [0.15, 0.2) is 42.5 Å². The third kappa shape index (κ3) is 6.53. The Kier molecular flexibility index (Phi) is 7.59. The smallest absolute Gasteiger partial charge is 0.416 e. The predicted molar refractivity (Wildman–Crippen MR) is 108 cm³/mol. The van der Waals surface area contributed by atoms with Crippen LogP contribution in [0.3, 0.4) is 0 Å². The van der Waals surface area contributed by atoms with Crippen LogP contribution < -0.4 is 14.4 Å². The van der Waals surface area contributed by atoms with E-state index in [0.29, 0.717) is 22.7 Å². The third-order valence-electron chi connectivity index (χ3n) is 3.95. The zero-order valence-corrected chi connectivity index (χ0v) is 17.7. The number of carbonyl (C=O) groups excluding carboxylic acids is 1. The van der Waals surface area contributed by atoms with Crippen LogP contribution in [-0.2, 0) is 27.5 Å². The highest BCUT2D eigenvalue weighted by Crippen LogP contribution is 2.36. The summed E-state index contributed by atoms with van der Waals surface area (Å²) in [5.74, 6) is -0.0437. The van der Waals surface area contributed by atoms with Gasteiger partial charge in [-0.3, -0.25) is 9.10 Å². The molecule has 164 valence electrons. The van der Waals surface area contributed by atoms with Gasteiger partial charge in [0.2, 0.25) is 15.9 Å². The maximum Gasteiger partial charge on any atom is 0.416 e. The number of rotatable bonds is 8. The van der Waals surface area contributed by atoms with Gasteiger partial charge in [-0.2, -0.15) is 13.2 Å². The SMILES string of the molecule is CCOc1ccc(CNC(=O)CN(c2cc(C(F)(F)F)ccc2Cl)S(C)(=O)=O)cc1. The molecule has 6 nitrogen and oxygen atoms in total. The molecule has 2 aromatic rings. The van der Waals surface area contributed by atoms with Crippen LogP contribution in [0, 0.1) is 0 Å². The summed E-state index contributed by atoms with van der Waals surface area (Å²) < 4.78 is 69.2. The van der Waals surface area contributed by atoms with Crippen molar-refractivity contribution >= 4 is 33.2 Å². The molecule has 0 saturated carbocycles. The van der Waals surface area contributed by atoms with Crippen molar-refractivity contribution in [3.63, 3.8) is 0 Å². The van der Waals surface area contributed by atoms with Crippen LogP contribution in [0.1, 0.15) is 18.1 Å². The lowest BCUT2D eigenvalue weighted by molar-refractivity contribution is -0.137. The molecule has 0 spiro atoms. The third-order valence-corrected chi connectivity index (χ3v) is 5.40. The summed E-state index contributed by atoms with van der Waals surface area (Å²) in [6.45, 7) is 1.73. The number of nitrogens with zero attached hydrogens (tertiary/aromatic N) is 1. The zero-order chi connectivity index (χ0) is 22.5. The fourth-order valence-corrected chi connectivity index (χ4v) is 3.65. The molecular formula is C19H20ClF3N2O4S.